The highest BCUT2D eigenvalue weighted by Gasteiger charge is 2.63. The molecule has 1 heterocycles. The molecule has 0 aromatic rings. The molecule has 0 spiro atoms. The molecule has 1 aliphatic heterocycles. The Balaban J connectivity index is 3.21. The van der Waals surface area contributed by atoms with Gasteiger partial charge in [-0.05, 0) is 18.9 Å². The van der Waals surface area contributed by atoms with Crippen LogP contribution < -0.4 is 0 Å². The lowest BCUT2D eigenvalue weighted by Crippen LogP contribution is -2.61. The molecular weight excluding hydrogens is 379 g/mol. The highest BCUT2D eigenvalue weighted by molar-refractivity contribution is 5.10. The maximum absolute atomic E-state index is 14.0. The maximum Gasteiger partial charge on any atom is 0.393 e. The molecule has 0 radical (unpaired) electrons. The largest absolute Gasteiger partial charge is 0.393 e. The van der Waals surface area contributed by atoms with Crippen LogP contribution in [0.1, 0.15) is 13.3 Å². The molecule has 3 unspecified atom stereocenters. The number of hydrogen-bond donors (Lipinski definition) is 0. The van der Waals surface area contributed by atoms with E-state index in [1.54, 1.807) is 0 Å². The minimum atomic E-state index is -5.28. The van der Waals surface area contributed by atoms with Gasteiger partial charge in [-0.25, -0.2) is 9.29 Å². The van der Waals surface area contributed by atoms with Crippen molar-refractivity contribution in [1.29, 1.82) is 0 Å². The molecule has 1 aliphatic rings. The summed E-state index contributed by atoms with van der Waals surface area (Å²) in [6.07, 6.45) is -16.4. The number of allylic oxidation sites excluding steroid dienone is 1. The topological polar surface area (TPSA) is 3.24 Å². The summed E-state index contributed by atoms with van der Waals surface area (Å²) in [5.74, 6) is -10.5. The number of nitrogens with zero attached hydrogens (tertiary/aromatic N) is 1. The van der Waals surface area contributed by atoms with Crippen LogP contribution in [0.25, 0.3) is 0 Å². The summed E-state index contributed by atoms with van der Waals surface area (Å²) in [6.45, 7) is -0.330. The highest BCUT2D eigenvalue weighted by Crippen LogP contribution is 2.46. The first-order valence-electron chi connectivity index (χ1n) is 6.86. The number of alkyl halides is 11. The normalized spacial score (nSPS) is 25.8. The van der Waals surface area contributed by atoms with E-state index in [9.17, 15) is 48.3 Å². The molecule has 0 amide bonds. The Kier molecular flexibility index (Phi) is 5.79. The summed E-state index contributed by atoms with van der Waals surface area (Å²) < 4.78 is 145. The summed E-state index contributed by atoms with van der Waals surface area (Å²) >= 11 is 0. The van der Waals surface area contributed by atoms with Gasteiger partial charge in [0.1, 0.15) is 0 Å². The first-order chi connectivity index (χ1) is 10.9. The van der Waals surface area contributed by atoms with E-state index in [-0.39, 0.29) is 0 Å². The van der Waals surface area contributed by atoms with Gasteiger partial charge in [-0.3, -0.25) is 0 Å². The number of halogens is 11. The Bertz CT molecular complexity index is 471. The smallest absolute Gasteiger partial charge is 0.241 e. The van der Waals surface area contributed by atoms with E-state index in [0.29, 0.717) is 6.92 Å². The fraction of sp³-hybridized carbons (Fsp3) is 0.846. The van der Waals surface area contributed by atoms with Crippen LogP contribution in [0.15, 0.2) is 12.2 Å². The zero-order valence-corrected chi connectivity index (χ0v) is 12.7. The molecule has 3 atom stereocenters. The quantitative estimate of drug-likeness (QED) is 0.361. The van der Waals surface area contributed by atoms with Gasteiger partial charge in [-0.1, -0.05) is 6.58 Å². The van der Waals surface area contributed by atoms with Crippen LogP contribution in [0, 0.1) is 11.8 Å². The molecular formula is C13H14F11N. The predicted octanol–water partition coefficient (Wildman–Crippen LogP) is 5.19. The zero-order chi connectivity index (χ0) is 20.0. The van der Waals surface area contributed by atoms with Crippen molar-refractivity contribution in [2.45, 2.75) is 43.8 Å². The van der Waals surface area contributed by atoms with Crippen LogP contribution >= 0.6 is 0 Å². The predicted molar refractivity (Wildman–Crippen MR) is 64.9 cm³/mol. The van der Waals surface area contributed by atoms with Gasteiger partial charge in [-0.2, -0.15) is 43.9 Å². The second kappa shape index (κ2) is 6.58. The third-order valence-electron chi connectivity index (χ3n) is 3.99. The summed E-state index contributed by atoms with van der Waals surface area (Å²) in [5.41, 5.74) is -1.34. The Morgan fingerprint density at radius 1 is 0.880 bits per heavy atom. The Hall–Kier alpha value is -1.07. The van der Waals surface area contributed by atoms with Crippen LogP contribution in [0.3, 0.4) is 0 Å². The van der Waals surface area contributed by atoms with Crippen LogP contribution in [0.2, 0.25) is 0 Å². The van der Waals surface area contributed by atoms with Crippen LogP contribution in [-0.2, 0) is 0 Å². The molecule has 1 rings (SSSR count). The SMILES string of the molecule is C=C(C)C(F)(F)C(F)C(F)(F)N1CC(C(F)(F)F)CC(C(F)(F)F)C1. The second-order valence-corrected chi connectivity index (χ2v) is 5.97. The Morgan fingerprint density at radius 3 is 1.52 bits per heavy atom. The minimum absolute atomic E-state index is 0.510. The monoisotopic (exact) mass is 393 g/mol. The standard InChI is InChI=1S/C13H14F11N/c1-6(2)10(15,16)9(14)13(23,24)25-4-7(11(17,18)19)3-8(5-25)12(20,21)22/h7-9H,1,3-5H2,2H3. The molecule has 0 aliphatic carbocycles. The first-order valence-corrected chi connectivity index (χ1v) is 6.86. The molecule has 25 heavy (non-hydrogen) atoms. The molecule has 0 saturated carbocycles. The van der Waals surface area contributed by atoms with Crippen molar-refractivity contribution in [3.8, 4) is 0 Å². The molecule has 12 heteroatoms. The Morgan fingerprint density at radius 2 is 1.24 bits per heavy atom. The summed E-state index contributed by atoms with van der Waals surface area (Å²) in [7, 11) is 0. The maximum atomic E-state index is 14.0. The number of piperidine rings is 1. The van der Waals surface area contributed by atoms with Gasteiger partial charge >= 0.3 is 24.3 Å². The lowest BCUT2D eigenvalue weighted by Gasteiger charge is -2.44. The average Bonchev–Trinajstić information content (AvgIpc) is 2.43. The van der Waals surface area contributed by atoms with Crippen molar-refractivity contribution in [2.75, 3.05) is 13.1 Å². The molecule has 0 bridgehead atoms. The van der Waals surface area contributed by atoms with Gasteiger partial charge in [0.15, 0.2) is 0 Å². The molecule has 1 nitrogen and oxygen atoms in total. The fourth-order valence-electron chi connectivity index (χ4n) is 2.41. The van der Waals surface area contributed by atoms with Crippen molar-refractivity contribution in [3.05, 3.63) is 12.2 Å². The summed E-state index contributed by atoms with van der Waals surface area (Å²) in [4.78, 5) is -0.811. The lowest BCUT2D eigenvalue weighted by atomic mass is 9.87. The zero-order valence-electron chi connectivity index (χ0n) is 12.7. The molecule has 0 aromatic carbocycles. The van der Waals surface area contributed by atoms with Gasteiger partial charge in [0.25, 0.3) is 0 Å². The molecule has 0 aromatic heterocycles. The Labute approximate surface area is 135 Å². The van der Waals surface area contributed by atoms with Crippen LogP contribution in [0.5, 0.6) is 0 Å². The van der Waals surface area contributed by atoms with E-state index < -0.39 is 72.3 Å². The fourth-order valence-corrected chi connectivity index (χ4v) is 2.41. The van der Waals surface area contributed by atoms with E-state index in [1.165, 1.54) is 0 Å². The first kappa shape index (κ1) is 22.0. The van der Waals surface area contributed by atoms with Gasteiger partial charge in [-0.15, -0.1) is 0 Å². The number of hydrogen-bond acceptors (Lipinski definition) is 1. The van der Waals surface area contributed by atoms with Crippen molar-refractivity contribution in [3.63, 3.8) is 0 Å². The third-order valence-corrected chi connectivity index (χ3v) is 3.99. The van der Waals surface area contributed by atoms with Gasteiger partial charge < -0.3 is 0 Å². The van der Waals surface area contributed by atoms with E-state index in [4.69, 9.17) is 0 Å². The van der Waals surface area contributed by atoms with Crippen molar-refractivity contribution in [2.24, 2.45) is 11.8 Å². The van der Waals surface area contributed by atoms with E-state index in [0.717, 1.165) is 0 Å². The molecule has 1 saturated heterocycles. The van der Waals surface area contributed by atoms with E-state index >= 15 is 0 Å². The number of rotatable bonds is 4. The summed E-state index contributed by atoms with van der Waals surface area (Å²) in [5, 5.41) is 0. The lowest BCUT2D eigenvalue weighted by molar-refractivity contribution is -0.287. The molecule has 0 N–H and O–H groups in total. The second-order valence-electron chi connectivity index (χ2n) is 5.97. The van der Waals surface area contributed by atoms with E-state index in [2.05, 4.69) is 6.58 Å². The highest BCUT2D eigenvalue weighted by atomic mass is 19.4. The van der Waals surface area contributed by atoms with Gasteiger partial charge in [0.05, 0.1) is 11.8 Å². The van der Waals surface area contributed by atoms with Crippen molar-refractivity contribution >= 4 is 0 Å². The summed E-state index contributed by atoms with van der Waals surface area (Å²) in [6, 6.07) is -5.25. The van der Waals surface area contributed by atoms with Crippen LogP contribution in [0.4, 0.5) is 48.3 Å². The van der Waals surface area contributed by atoms with Gasteiger partial charge in [0.2, 0.25) is 6.17 Å². The molecule has 1 fully saturated rings. The van der Waals surface area contributed by atoms with Crippen molar-refractivity contribution < 1.29 is 48.3 Å². The number of likely N-dealkylation sites (tertiary alicyclic amines) is 1. The van der Waals surface area contributed by atoms with Gasteiger partial charge in [0, 0.05) is 13.1 Å². The minimum Gasteiger partial charge on any atom is -0.241 e. The third kappa shape index (κ3) is 4.56. The molecule has 148 valence electrons. The van der Waals surface area contributed by atoms with Crippen molar-refractivity contribution in [1.82, 2.24) is 4.90 Å². The van der Waals surface area contributed by atoms with E-state index in [1.807, 2.05) is 0 Å². The van der Waals surface area contributed by atoms with Crippen LogP contribution in [-0.4, -0.2) is 48.5 Å². The average molecular weight is 393 g/mol.